The fraction of sp³-hybridized carbons (Fsp3) is 0.343. The molecule has 5 rings (SSSR count). The molecule has 3 heterocycles. The van der Waals surface area contributed by atoms with E-state index in [4.69, 9.17) is 0 Å². The molecule has 1 saturated heterocycles. The van der Waals surface area contributed by atoms with Crippen LogP contribution < -0.4 is 0 Å². The number of carbonyl (C=O) groups excluding carboxylic acids is 1. The zero-order valence-corrected chi connectivity index (χ0v) is 24.9. The predicted molar refractivity (Wildman–Crippen MR) is 163 cm³/mol. The molecule has 8 heteroatoms. The van der Waals surface area contributed by atoms with Gasteiger partial charge in [0.05, 0.1) is 17.0 Å². The van der Waals surface area contributed by atoms with E-state index >= 15 is 0 Å². The van der Waals surface area contributed by atoms with Gasteiger partial charge in [0.25, 0.3) is 0 Å². The second-order valence-corrected chi connectivity index (χ2v) is 11.7. The van der Waals surface area contributed by atoms with Gasteiger partial charge in [-0.25, -0.2) is 0 Å². The maximum Gasteiger partial charge on any atom is 0.416 e. The van der Waals surface area contributed by atoms with E-state index in [1.165, 1.54) is 11.6 Å². The van der Waals surface area contributed by atoms with Crippen molar-refractivity contribution in [2.24, 2.45) is 4.99 Å². The lowest BCUT2D eigenvalue weighted by Gasteiger charge is -2.22. The summed E-state index contributed by atoms with van der Waals surface area (Å²) < 4.78 is 42.2. The molecular formula is C35H35F3N4O. The van der Waals surface area contributed by atoms with Crippen LogP contribution in [0.15, 0.2) is 71.5 Å². The monoisotopic (exact) mass is 584 g/mol. The van der Waals surface area contributed by atoms with Crippen molar-refractivity contribution in [2.75, 3.05) is 27.2 Å². The molecule has 0 aliphatic carbocycles. The summed E-state index contributed by atoms with van der Waals surface area (Å²) >= 11 is 0. The molecule has 2 aromatic carbocycles. The quantitative estimate of drug-likeness (QED) is 0.236. The van der Waals surface area contributed by atoms with Crippen molar-refractivity contribution in [3.8, 4) is 11.8 Å². The maximum absolute atomic E-state index is 14.1. The predicted octanol–water partition coefficient (Wildman–Crippen LogP) is 6.47. The first kappa shape index (κ1) is 30.4. The number of rotatable bonds is 7. The number of hydrogen-bond acceptors (Lipinski definition) is 5. The number of hydrogen-bond donors (Lipinski definition) is 0. The Kier molecular flexibility index (Phi) is 8.95. The normalized spacial score (nSPS) is 17.1. The number of ketones is 1. The molecule has 1 aromatic heterocycles. The Labute approximate surface area is 251 Å². The van der Waals surface area contributed by atoms with E-state index in [1.807, 2.05) is 52.3 Å². The number of aryl methyl sites for hydroxylation is 1. The van der Waals surface area contributed by atoms with Gasteiger partial charge < -0.3 is 4.90 Å². The molecule has 222 valence electrons. The number of aromatic nitrogens is 1. The van der Waals surface area contributed by atoms with E-state index in [0.717, 1.165) is 54.5 Å². The number of halogens is 3. The molecule has 0 unspecified atom stereocenters. The van der Waals surface area contributed by atoms with Crippen molar-refractivity contribution in [3.05, 3.63) is 111 Å². The lowest BCUT2D eigenvalue weighted by molar-refractivity contribution is -0.138. The van der Waals surface area contributed by atoms with Crippen molar-refractivity contribution in [1.82, 2.24) is 14.8 Å². The minimum Gasteiger partial charge on any atom is -0.305 e. The van der Waals surface area contributed by atoms with Crippen molar-refractivity contribution < 1.29 is 18.0 Å². The van der Waals surface area contributed by atoms with Crippen molar-refractivity contribution in [2.45, 2.75) is 51.9 Å². The summed E-state index contributed by atoms with van der Waals surface area (Å²) in [6.45, 7) is 5.66. The molecule has 43 heavy (non-hydrogen) atoms. The Hall–Kier alpha value is -4.06. The average Bonchev–Trinajstić information content (AvgIpc) is 3.62. The molecule has 0 amide bonds. The van der Waals surface area contributed by atoms with E-state index in [2.05, 4.69) is 31.6 Å². The Balaban J connectivity index is 1.29. The van der Waals surface area contributed by atoms with Crippen LogP contribution in [0.2, 0.25) is 0 Å². The zero-order valence-electron chi connectivity index (χ0n) is 24.9. The highest BCUT2D eigenvalue weighted by Crippen LogP contribution is 2.34. The Bertz CT molecular complexity index is 1640. The van der Waals surface area contributed by atoms with Gasteiger partial charge in [-0.1, -0.05) is 36.1 Å². The lowest BCUT2D eigenvalue weighted by Crippen LogP contribution is -2.31. The second-order valence-electron chi connectivity index (χ2n) is 11.7. The van der Waals surface area contributed by atoms with Gasteiger partial charge in [-0.15, -0.1) is 0 Å². The third-order valence-electron chi connectivity index (χ3n) is 8.06. The van der Waals surface area contributed by atoms with E-state index in [9.17, 15) is 18.0 Å². The van der Waals surface area contributed by atoms with Gasteiger partial charge >= 0.3 is 6.18 Å². The first-order valence-electron chi connectivity index (χ1n) is 14.4. The van der Waals surface area contributed by atoms with Crippen LogP contribution in [0.5, 0.6) is 0 Å². The van der Waals surface area contributed by atoms with Crippen LogP contribution in [-0.4, -0.2) is 59.5 Å². The number of benzene rings is 2. The van der Waals surface area contributed by atoms with Gasteiger partial charge in [-0.05, 0) is 80.9 Å². The van der Waals surface area contributed by atoms with Crippen LogP contribution in [0, 0.1) is 18.8 Å². The zero-order chi connectivity index (χ0) is 30.7. The van der Waals surface area contributed by atoms with Crippen LogP contribution in [0.25, 0.3) is 0 Å². The molecule has 1 fully saturated rings. The Morgan fingerprint density at radius 3 is 2.53 bits per heavy atom. The van der Waals surface area contributed by atoms with Crippen LogP contribution in [0.1, 0.15) is 69.2 Å². The highest BCUT2D eigenvalue weighted by Gasteiger charge is 2.35. The van der Waals surface area contributed by atoms with Gasteiger partial charge in [0.1, 0.15) is 0 Å². The van der Waals surface area contributed by atoms with Crippen LogP contribution >= 0.6 is 0 Å². The molecule has 1 atom stereocenters. The van der Waals surface area contributed by atoms with Crippen molar-refractivity contribution in [3.63, 3.8) is 0 Å². The maximum atomic E-state index is 14.1. The molecular weight excluding hydrogens is 549 g/mol. The van der Waals surface area contributed by atoms with Gasteiger partial charge in [0.2, 0.25) is 0 Å². The van der Waals surface area contributed by atoms with E-state index < -0.39 is 11.7 Å². The minimum absolute atomic E-state index is 0.130. The number of likely N-dealkylation sites (N-methyl/N-ethyl adjacent to an activating group) is 1. The molecule has 0 radical (unpaired) electrons. The van der Waals surface area contributed by atoms with Crippen molar-refractivity contribution in [1.29, 1.82) is 0 Å². The van der Waals surface area contributed by atoms with E-state index in [1.54, 1.807) is 24.4 Å². The summed E-state index contributed by atoms with van der Waals surface area (Å²) in [5.41, 5.74) is 5.57. The molecule has 0 spiro atoms. The van der Waals surface area contributed by atoms with Crippen molar-refractivity contribution >= 4 is 11.5 Å². The lowest BCUT2D eigenvalue weighted by atomic mass is 9.96. The standard InChI is InChI=1S/C35H35F3N4O/c1-23-15-33(39-19-23)32-12-8-25(20-40-32)6-10-27-18-28(9-5-24(27)2)34(43)17-26-7-11-29(31(16-26)35(36,37)38)21-42-14-13-30(22-42)41(3)4/h5,7-9,11-12,16,18-20,30H,13-15,17,21-22H2,1-4H3/t30-/m1/s1. The third-order valence-corrected chi connectivity index (χ3v) is 8.06. The third kappa shape index (κ3) is 7.48. The number of allylic oxidation sites excluding steroid dienone is 1. The Morgan fingerprint density at radius 2 is 1.88 bits per heavy atom. The minimum atomic E-state index is -4.50. The summed E-state index contributed by atoms with van der Waals surface area (Å²) in [7, 11) is 3.99. The average molecular weight is 585 g/mol. The number of carbonyl (C=O) groups is 1. The van der Waals surface area contributed by atoms with Crippen LogP contribution in [-0.2, 0) is 19.1 Å². The van der Waals surface area contributed by atoms with Gasteiger partial charge in [0.15, 0.2) is 5.78 Å². The van der Waals surface area contributed by atoms with Crippen LogP contribution in [0.4, 0.5) is 13.2 Å². The van der Waals surface area contributed by atoms with Gasteiger partial charge in [-0.3, -0.25) is 19.7 Å². The van der Waals surface area contributed by atoms with Crippen LogP contribution in [0.3, 0.4) is 0 Å². The number of nitrogens with zero attached hydrogens (tertiary/aromatic N) is 4. The number of alkyl halides is 3. The summed E-state index contributed by atoms with van der Waals surface area (Å²) in [5.74, 6) is 5.97. The first-order valence-corrected chi connectivity index (χ1v) is 14.4. The molecule has 0 N–H and O–H groups in total. The molecule has 2 aliphatic heterocycles. The summed E-state index contributed by atoms with van der Waals surface area (Å²) in [6, 6.07) is 13.6. The van der Waals surface area contributed by atoms with Gasteiger partial charge in [0, 0.05) is 67.6 Å². The summed E-state index contributed by atoms with van der Waals surface area (Å²) in [5, 5.41) is 0. The molecule has 5 nitrogen and oxygen atoms in total. The smallest absolute Gasteiger partial charge is 0.305 e. The fourth-order valence-electron chi connectivity index (χ4n) is 5.45. The molecule has 0 bridgehead atoms. The van der Waals surface area contributed by atoms with E-state index in [-0.39, 0.29) is 24.3 Å². The second kappa shape index (κ2) is 12.7. The topological polar surface area (TPSA) is 48.8 Å². The molecule has 3 aromatic rings. The first-order chi connectivity index (χ1) is 20.5. The molecule has 2 aliphatic rings. The highest BCUT2D eigenvalue weighted by atomic mass is 19.4. The van der Waals surface area contributed by atoms with E-state index in [0.29, 0.717) is 22.7 Å². The number of likely N-dealkylation sites (tertiary alicyclic amines) is 1. The fourth-order valence-corrected chi connectivity index (χ4v) is 5.45. The highest BCUT2D eigenvalue weighted by molar-refractivity contribution is 6.02. The Morgan fingerprint density at radius 1 is 1.07 bits per heavy atom. The summed E-state index contributed by atoms with van der Waals surface area (Å²) in [6.07, 6.45) is 0.637. The summed E-state index contributed by atoms with van der Waals surface area (Å²) in [4.78, 5) is 26.2. The number of pyridine rings is 1. The largest absolute Gasteiger partial charge is 0.416 e. The number of aliphatic imine (C=N–C) groups is 1. The number of Topliss-reactive ketones (excluding diaryl/α,β-unsaturated/α-hetero) is 1. The SMILES string of the molecule is CC1=CN=C(c2ccc(C#Cc3cc(C(=O)Cc4ccc(CN5CC[C@@H](N(C)C)C5)c(C(F)(F)F)c4)ccc3C)cn2)C1. The molecule has 0 saturated carbocycles. The van der Waals surface area contributed by atoms with Gasteiger partial charge in [-0.2, -0.15) is 13.2 Å².